The molecule has 2 heterocycles. The second-order valence-electron chi connectivity index (χ2n) is 7.74. The second kappa shape index (κ2) is 8.16. The number of hydrogen-bond donors (Lipinski definition) is 0. The van der Waals surface area contributed by atoms with Crippen LogP contribution in [0.25, 0.3) is 0 Å². The summed E-state index contributed by atoms with van der Waals surface area (Å²) in [6.07, 6.45) is 0.652. The average Bonchev–Trinajstić information content (AvgIpc) is 3.13. The molecule has 2 aliphatic heterocycles. The SMILES string of the molecule is O=C(c1ccccc1)c1ccc(N2CCN([C@H]3CCS(=O)(=O)C3)CC2)c([N+](=O)[O-])c1. The van der Waals surface area contributed by atoms with Crippen LogP contribution in [0.3, 0.4) is 0 Å². The van der Waals surface area contributed by atoms with E-state index in [0.29, 0.717) is 43.9 Å². The summed E-state index contributed by atoms with van der Waals surface area (Å²) in [6.45, 7) is 2.46. The van der Waals surface area contributed by atoms with Crippen molar-refractivity contribution in [1.82, 2.24) is 4.90 Å². The van der Waals surface area contributed by atoms with Gasteiger partial charge < -0.3 is 4.90 Å². The number of nitrogens with zero attached hydrogens (tertiary/aromatic N) is 3. The van der Waals surface area contributed by atoms with E-state index in [4.69, 9.17) is 0 Å². The Labute approximate surface area is 175 Å². The van der Waals surface area contributed by atoms with Gasteiger partial charge in [-0.1, -0.05) is 30.3 Å². The number of sulfone groups is 1. The van der Waals surface area contributed by atoms with Crippen LogP contribution in [0.1, 0.15) is 22.3 Å². The lowest BCUT2D eigenvalue weighted by molar-refractivity contribution is -0.384. The Kier molecular flexibility index (Phi) is 5.57. The molecule has 0 aliphatic carbocycles. The van der Waals surface area contributed by atoms with Gasteiger partial charge in [-0.2, -0.15) is 0 Å². The third kappa shape index (κ3) is 4.22. The fraction of sp³-hybridized carbons (Fsp3) is 0.381. The van der Waals surface area contributed by atoms with E-state index in [9.17, 15) is 23.3 Å². The van der Waals surface area contributed by atoms with E-state index in [1.165, 1.54) is 6.07 Å². The van der Waals surface area contributed by atoms with Gasteiger partial charge in [0.05, 0.1) is 16.4 Å². The molecule has 2 aromatic carbocycles. The highest BCUT2D eigenvalue weighted by molar-refractivity contribution is 7.91. The Morgan fingerprint density at radius 3 is 2.30 bits per heavy atom. The van der Waals surface area contributed by atoms with Gasteiger partial charge in [-0.25, -0.2) is 8.42 Å². The van der Waals surface area contributed by atoms with Gasteiger partial charge in [0.25, 0.3) is 5.69 Å². The first-order valence-corrected chi connectivity index (χ1v) is 11.7. The molecule has 0 N–H and O–H groups in total. The molecule has 0 bridgehead atoms. The lowest BCUT2D eigenvalue weighted by atomic mass is 10.0. The summed E-state index contributed by atoms with van der Waals surface area (Å²) in [5, 5.41) is 11.7. The van der Waals surface area contributed by atoms with Gasteiger partial charge in [0.2, 0.25) is 0 Å². The highest BCUT2D eigenvalue weighted by Crippen LogP contribution is 2.31. The van der Waals surface area contributed by atoms with Crippen molar-refractivity contribution >= 4 is 27.0 Å². The van der Waals surface area contributed by atoms with Gasteiger partial charge >= 0.3 is 0 Å². The fourth-order valence-electron chi connectivity index (χ4n) is 4.23. The maximum absolute atomic E-state index is 12.7. The number of nitro groups is 1. The monoisotopic (exact) mass is 429 g/mol. The predicted molar refractivity (Wildman–Crippen MR) is 114 cm³/mol. The number of anilines is 1. The van der Waals surface area contributed by atoms with E-state index in [1.807, 2.05) is 11.0 Å². The van der Waals surface area contributed by atoms with E-state index in [2.05, 4.69) is 4.90 Å². The van der Waals surface area contributed by atoms with Gasteiger partial charge in [0.15, 0.2) is 15.6 Å². The first-order chi connectivity index (χ1) is 14.3. The van der Waals surface area contributed by atoms with Gasteiger partial charge in [-0.3, -0.25) is 19.8 Å². The molecule has 1 atom stereocenters. The molecule has 2 aromatic rings. The molecule has 2 saturated heterocycles. The Morgan fingerprint density at radius 2 is 1.70 bits per heavy atom. The molecule has 0 spiro atoms. The van der Waals surface area contributed by atoms with Crippen molar-refractivity contribution < 1.29 is 18.1 Å². The molecule has 2 fully saturated rings. The molecule has 0 saturated carbocycles. The highest BCUT2D eigenvalue weighted by atomic mass is 32.2. The van der Waals surface area contributed by atoms with Gasteiger partial charge in [-0.05, 0) is 18.6 Å². The Balaban J connectivity index is 1.51. The van der Waals surface area contributed by atoms with Gasteiger partial charge in [0.1, 0.15) is 5.69 Å². The minimum atomic E-state index is -2.94. The van der Waals surface area contributed by atoms with Crippen molar-refractivity contribution in [3.05, 3.63) is 69.8 Å². The smallest absolute Gasteiger partial charge is 0.293 e. The number of piperazine rings is 1. The lowest BCUT2D eigenvalue weighted by Crippen LogP contribution is -2.50. The summed E-state index contributed by atoms with van der Waals surface area (Å²) in [6, 6.07) is 13.4. The molecule has 0 unspecified atom stereocenters. The predicted octanol–water partition coefficient (Wildman–Crippen LogP) is 2.13. The van der Waals surface area contributed by atoms with Gasteiger partial charge in [0, 0.05) is 49.4 Å². The third-order valence-electron chi connectivity index (χ3n) is 5.85. The first-order valence-electron chi connectivity index (χ1n) is 9.92. The van der Waals surface area contributed by atoms with Crippen molar-refractivity contribution in [2.75, 3.05) is 42.6 Å². The number of benzene rings is 2. The van der Waals surface area contributed by atoms with Crippen LogP contribution in [-0.2, 0) is 9.84 Å². The van der Waals surface area contributed by atoms with E-state index < -0.39 is 14.8 Å². The summed E-state index contributed by atoms with van der Waals surface area (Å²) >= 11 is 0. The molecule has 0 amide bonds. The molecule has 0 radical (unpaired) electrons. The van der Waals surface area contributed by atoms with Crippen molar-refractivity contribution in [3.8, 4) is 0 Å². The van der Waals surface area contributed by atoms with Gasteiger partial charge in [-0.15, -0.1) is 0 Å². The van der Waals surface area contributed by atoms with Crippen molar-refractivity contribution in [2.24, 2.45) is 0 Å². The molecule has 4 rings (SSSR count). The van der Waals surface area contributed by atoms with Crippen LogP contribution in [0.2, 0.25) is 0 Å². The molecule has 0 aromatic heterocycles. The molecular formula is C21H23N3O5S. The fourth-order valence-corrected chi connectivity index (χ4v) is 5.99. The Morgan fingerprint density at radius 1 is 1.00 bits per heavy atom. The quantitative estimate of drug-likeness (QED) is 0.408. The normalized spacial score (nSPS) is 21.5. The topological polar surface area (TPSA) is 101 Å². The zero-order chi connectivity index (χ0) is 21.3. The summed E-state index contributed by atoms with van der Waals surface area (Å²) in [7, 11) is -2.94. The number of ketones is 1. The number of carbonyl (C=O) groups excluding carboxylic acids is 1. The van der Waals surface area contributed by atoms with Crippen LogP contribution < -0.4 is 4.90 Å². The summed E-state index contributed by atoms with van der Waals surface area (Å²) in [5.74, 6) is 0.182. The third-order valence-corrected chi connectivity index (χ3v) is 7.60. The maximum Gasteiger partial charge on any atom is 0.293 e. The van der Waals surface area contributed by atoms with Crippen LogP contribution in [0.4, 0.5) is 11.4 Å². The Hall–Kier alpha value is -2.78. The Bertz CT molecular complexity index is 1060. The molecule has 158 valence electrons. The standard InChI is InChI=1S/C21H23N3O5S/c25-21(16-4-2-1-3-5-16)17-6-7-19(20(14-17)24(26)27)23-11-9-22(10-12-23)18-8-13-30(28,29)15-18/h1-7,14,18H,8-13,15H2/t18-/m0/s1. The van der Waals surface area contributed by atoms with Crippen molar-refractivity contribution in [2.45, 2.75) is 12.5 Å². The summed E-state index contributed by atoms with van der Waals surface area (Å²) in [5.41, 5.74) is 1.17. The molecular weight excluding hydrogens is 406 g/mol. The van der Waals surface area contributed by atoms with Crippen molar-refractivity contribution in [1.29, 1.82) is 0 Å². The van der Waals surface area contributed by atoms with Crippen LogP contribution in [0.15, 0.2) is 48.5 Å². The number of nitro benzene ring substituents is 1. The first kappa shape index (κ1) is 20.5. The lowest BCUT2D eigenvalue weighted by Gasteiger charge is -2.38. The van der Waals surface area contributed by atoms with Crippen molar-refractivity contribution in [3.63, 3.8) is 0 Å². The molecule has 30 heavy (non-hydrogen) atoms. The van der Waals surface area contributed by atoms with Crippen LogP contribution >= 0.6 is 0 Å². The summed E-state index contributed by atoms with van der Waals surface area (Å²) < 4.78 is 23.5. The van der Waals surface area contributed by atoms with E-state index in [0.717, 1.165) is 0 Å². The van der Waals surface area contributed by atoms with Crippen LogP contribution in [0, 0.1) is 10.1 Å². The number of rotatable bonds is 5. The zero-order valence-corrected chi connectivity index (χ0v) is 17.3. The van der Waals surface area contributed by atoms with E-state index >= 15 is 0 Å². The molecule has 9 heteroatoms. The minimum Gasteiger partial charge on any atom is -0.363 e. The molecule has 2 aliphatic rings. The minimum absolute atomic E-state index is 0.0398. The summed E-state index contributed by atoms with van der Waals surface area (Å²) in [4.78, 5) is 28.0. The number of carbonyl (C=O) groups is 1. The van der Waals surface area contributed by atoms with E-state index in [-0.39, 0.29) is 34.6 Å². The average molecular weight is 429 g/mol. The van der Waals surface area contributed by atoms with Crippen LogP contribution in [0.5, 0.6) is 0 Å². The molecule has 8 nitrogen and oxygen atoms in total. The zero-order valence-electron chi connectivity index (χ0n) is 16.4. The second-order valence-corrected chi connectivity index (χ2v) is 9.96. The number of hydrogen-bond acceptors (Lipinski definition) is 7. The maximum atomic E-state index is 12.7. The van der Waals surface area contributed by atoms with E-state index in [1.54, 1.807) is 36.4 Å². The van der Waals surface area contributed by atoms with Crippen LogP contribution in [-0.4, -0.2) is 67.8 Å². The largest absolute Gasteiger partial charge is 0.363 e. The highest BCUT2D eigenvalue weighted by Gasteiger charge is 2.34.